The Morgan fingerprint density at radius 1 is 1.07 bits per heavy atom. The lowest BCUT2D eigenvalue weighted by Crippen LogP contribution is -2.13. The predicted molar refractivity (Wildman–Crippen MR) is 97.9 cm³/mol. The van der Waals surface area contributed by atoms with Gasteiger partial charge in [-0.2, -0.15) is 18.3 Å². The summed E-state index contributed by atoms with van der Waals surface area (Å²) >= 11 is 0. The predicted octanol–water partition coefficient (Wildman–Crippen LogP) is 4.19. The van der Waals surface area contributed by atoms with Crippen LogP contribution in [0, 0.1) is 0 Å². The fraction of sp³-hybridized carbons (Fsp3) is 0.150. The van der Waals surface area contributed by atoms with Gasteiger partial charge >= 0.3 is 6.18 Å². The van der Waals surface area contributed by atoms with Crippen LogP contribution in [-0.2, 0) is 6.18 Å². The molecule has 0 fully saturated rings. The first-order chi connectivity index (χ1) is 13.3. The molecular weight excluding hydrogens is 369 g/mol. The molecule has 4 aromatic rings. The molecule has 5 nitrogen and oxygen atoms in total. The second kappa shape index (κ2) is 6.63. The van der Waals surface area contributed by atoms with E-state index in [0.717, 1.165) is 12.1 Å². The van der Waals surface area contributed by atoms with E-state index in [-0.39, 0.29) is 11.6 Å². The molecule has 4 rings (SSSR count). The Balaban J connectivity index is 1.65. The van der Waals surface area contributed by atoms with Crippen LogP contribution in [0.15, 0.2) is 71.9 Å². The molecule has 8 heteroatoms. The van der Waals surface area contributed by atoms with Gasteiger partial charge in [0.05, 0.1) is 23.5 Å². The van der Waals surface area contributed by atoms with Gasteiger partial charge in [-0.1, -0.05) is 18.2 Å². The van der Waals surface area contributed by atoms with Crippen molar-refractivity contribution in [2.24, 2.45) is 0 Å². The van der Waals surface area contributed by atoms with Crippen molar-refractivity contribution in [3.8, 4) is 11.3 Å². The van der Waals surface area contributed by atoms with E-state index in [1.54, 1.807) is 41.5 Å². The summed E-state index contributed by atoms with van der Waals surface area (Å²) in [4.78, 5) is 16.7. The van der Waals surface area contributed by atoms with Gasteiger partial charge in [-0.15, -0.1) is 0 Å². The second-order valence-corrected chi connectivity index (χ2v) is 6.41. The lowest BCUT2D eigenvalue weighted by atomic mass is 10.1. The van der Waals surface area contributed by atoms with E-state index >= 15 is 0 Å². The average Bonchev–Trinajstić information content (AvgIpc) is 3.17. The first kappa shape index (κ1) is 18.0. The number of fused-ring (bicyclic) bond motifs is 1. The summed E-state index contributed by atoms with van der Waals surface area (Å²) in [5.74, 6) is 0. The first-order valence-electron chi connectivity index (χ1n) is 8.53. The molecule has 1 unspecified atom stereocenters. The van der Waals surface area contributed by atoms with Crippen LogP contribution < -0.4 is 5.56 Å². The molecule has 0 radical (unpaired) electrons. The zero-order valence-electron chi connectivity index (χ0n) is 14.8. The van der Waals surface area contributed by atoms with E-state index in [9.17, 15) is 18.0 Å². The minimum atomic E-state index is -4.36. The standard InChI is InChI=1S/C20H15F3N4O/c1-13(14-5-7-16(8-6-14)20(21,22)23)27-12-15(11-24-27)17-10-19(28)26-9-3-2-4-18(26)25-17/h2-13H,1H3. The van der Waals surface area contributed by atoms with E-state index in [1.165, 1.54) is 22.6 Å². The summed E-state index contributed by atoms with van der Waals surface area (Å²) in [7, 11) is 0. The quantitative estimate of drug-likeness (QED) is 0.532. The molecule has 3 heterocycles. The zero-order chi connectivity index (χ0) is 19.9. The van der Waals surface area contributed by atoms with Gasteiger partial charge in [0, 0.05) is 24.0 Å². The van der Waals surface area contributed by atoms with Crippen molar-refractivity contribution in [3.63, 3.8) is 0 Å². The fourth-order valence-corrected chi connectivity index (χ4v) is 2.99. The van der Waals surface area contributed by atoms with Crippen molar-refractivity contribution in [3.05, 3.63) is 88.6 Å². The Bertz CT molecular complexity index is 1190. The summed E-state index contributed by atoms with van der Waals surface area (Å²) in [6.07, 6.45) is 0.590. The molecule has 1 atom stereocenters. The molecule has 0 aliphatic heterocycles. The topological polar surface area (TPSA) is 52.2 Å². The molecule has 0 saturated heterocycles. The van der Waals surface area contributed by atoms with Crippen molar-refractivity contribution in [2.45, 2.75) is 19.1 Å². The normalized spacial score (nSPS) is 13.0. The Morgan fingerprint density at radius 2 is 1.82 bits per heavy atom. The second-order valence-electron chi connectivity index (χ2n) is 6.41. The average molecular weight is 384 g/mol. The summed E-state index contributed by atoms with van der Waals surface area (Å²) < 4.78 is 41.3. The summed E-state index contributed by atoms with van der Waals surface area (Å²) in [5.41, 5.74) is 1.46. The van der Waals surface area contributed by atoms with Crippen molar-refractivity contribution in [1.82, 2.24) is 19.2 Å². The fourth-order valence-electron chi connectivity index (χ4n) is 2.99. The number of aromatic nitrogens is 4. The third-order valence-electron chi connectivity index (χ3n) is 4.59. The van der Waals surface area contributed by atoms with Crippen LogP contribution >= 0.6 is 0 Å². The Kier molecular flexibility index (Phi) is 4.26. The van der Waals surface area contributed by atoms with Crippen LogP contribution in [0.4, 0.5) is 13.2 Å². The van der Waals surface area contributed by atoms with Crippen molar-refractivity contribution in [2.75, 3.05) is 0 Å². The molecule has 142 valence electrons. The van der Waals surface area contributed by atoms with Crippen LogP contribution in [0.25, 0.3) is 16.9 Å². The van der Waals surface area contributed by atoms with Crippen molar-refractivity contribution < 1.29 is 13.2 Å². The number of nitrogens with zero attached hydrogens (tertiary/aromatic N) is 4. The highest BCUT2D eigenvalue weighted by Gasteiger charge is 2.30. The van der Waals surface area contributed by atoms with Gasteiger partial charge in [-0.3, -0.25) is 13.9 Å². The Morgan fingerprint density at radius 3 is 2.54 bits per heavy atom. The molecule has 1 aromatic carbocycles. The highest BCUT2D eigenvalue weighted by molar-refractivity contribution is 5.59. The zero-order valence-corrected chi connectivity index (χ0v) is 14.8. The van der Waals surface area contributed by atoms with Gasteiger partial charge in [0.2, 0.25) is 0 Å². The van der Waals surface area contributed by atoms with E-state index in [2.05, 4.69) is 10.1 Å². The summed E-state index contributed by atoms with van der Waals surface area (Å²) in [6, 6.07) is 11.4. The SMILES string of the molecule is CC(c1ccc(C(F)(F)F)cc1)n1cc(-c2cc(=O)n3ccccc3n2)cn1. The van der Waals surface area contributed by atoms with E-state index in [0.29, 0.717) is 22.5 Å². The van der Waals surface area contributed by atoms with Gasteiger partial charge in [-0.25, -0.2) is 4.98 Å². The number of rotatable bonds is 3. The number of alkyl halides is 3. The number of halogens is 3. The molecule has 0 spiro atoms. The number of benzene rings is 1. The largest absolute Gasteiger partial charge is 0.416 e. The van der Waals surface area contributed by atoms with Crippen LogP contribution in [0.5, 0.6) is 0 Å². The van der Waals surface area contributed by atoms with Crippen LogP contribution in [0.3, 0.4) is 0 Å². The third kappa shape index (κ3) is 3.28. The Hall–Kier alpha value is -3.42. The highest BCUT2D eigenvalue weighted by Crippen LogP contribution is 2.30. The monoisotopic (exact) mass is 384 g/mol. The third-order valence-corrected chi connectivity index (χ3v) is 4.59. The van der Waals surface area contributed by atoms with Gasteiger partial charge < -0.3 is 0 Å². The number of pyridine rings is 1. The van der Waals surface area contributed by atoms with E-state index in [1.807, 2.05) is 6.92 Å². The smallest absolute Gasteiger partial charge is 0.269 e. The lowest BCUT2D eigenvalue weighted by Gasteiger charge is -2.14. The molecule has 28 heavy (non-hydrogen) atoms. The van der Waals surface area contributed by atoms with Crippen molar-refractivity contribution >= 4 is 5.65 Å². The van der Waals surface area contributed by atoms with Gasteiger partial charge in [0.25, 0.3) is 5.56 Å². The summed E-state index contributed by atoms with van der Waals surface area (Å²) in [6.45, 7) is 1.84. The van der Waals surface area contributed by atoms with Gasteiger partial charge in [0.15, 0.2) is 0 Å². The lowest BCUT2D eigenvalue weighted by molar-refractivity contribution is -0.137. The maximum Gasteiger partial charge on any atom is 0.416 e. The number of hydrogen-bond acceptors (Lipinski definition) is 3. The van der Waals surface area contributed by atoms with Crippen LogP contribution in [-0.4, -0.2) is 19.2 Å². The molecular formula is C20H15F3N4O. The first-order valence-corrected chi connectivity index (χ1v) is 8.53. The summed E-state index contributed by atoms with van der Waals surface area (Å²) in [5, 5.41) is 4.30. The minimum Gasteiger partial charge on any atom is -0.269 e. The molecule has 0 amide bonds. The molecule has 0 aliphatic carbocycles. The van der Waals surface area contributed by atoms with Crippen LogP contribution in [0.1, 0.15) is 24.1 Å². The highest BCUT2D eigenvalue weighted by atomic mass is 19.4. The minimum absolute atomic E-state index is 0.205. The van der Waals surface area contributed by atoms with E-state index < -0.39 is 11.7 Å². The molecule has 3 aromatic heterocycles. The molecule has 0 saturated carbocycles. The van der Waals surface area contributed by atoms with Gasteiger partial charge in [-0.05, 0) is 36.8 Å². The van der Waals surface area contributed by atoms with Crippen molar-refractivity contribution in [1.29, 1.82) is 0 Å². The van der Waals surface area contributed by atoms with Crippen LogP contribution in [0.2, 0.25) is 0 Å². The Labute approximate surface area is 157 Å². The molecule has 0 aliphatic rings. The molecule has 0 bridgehead atoms. The maximum atomic E-state index is 12.7. The number of hydrogen-bond donors (Lipinski definition) is 0. The molecule has 0 N–H and O–H groups in total. The van der Waals surface area contributed by atoms with Gasteiger partial charge in [0.1, 0.15) is 5.65 Å². The van der Waals surface area contributed by atoms with E-state index in [4.69, 9.17) is 0 Å². The maximum absolute atomic E-state index is 12.7.